The highest BCUT2D eigenvalue weighted by Gasteiger charge is 1.86. The molecular weight excluding hydrogens is 198 g/mol. The van der Waals surface area contributed by atoms with Crippen LogP contribution in [0.25, 0.3) is 0 Å². The molecule has 0 aromatic carbocycles. The number of hydrogen-bond donors (Lipinski definition) is 1. The summed E-state index contributed by atoms with van der Waals surface area (Å²) in [5, 5.41) is 11.6. The van der Waals surface area contributed by atoms with Crippen molar-refractivity contribution in [3.05, 3.63) is 12.2 Å². The third-order valence-electron chi connectivity index (χ3n) is 1.35. The monoisotopic (exact) mass is 219 g/mol. The van der Waals surface area contributed by atoms with Crippen molar-refractivity contribution in [2.24, 2.45) is 0 Å². The summed E-state index contributed by atoms with van der Waals surface area (Å²) in [5.41, 5.74) is 0. The van der Waals surface area contributed by atoms with Crippen LogP contribution in [0, 0.1) is 0 Å². The summed E-state index contributed by atoms with van der Waals surface area (Å²) < 4.78 is 9.70. The number of carbonyl (C=O) groups excluding carboxylic acids is 1. The smallest absolute Gasteiger partial charge is 0.0993 e. The predicted octanol–water partition coefficient (Wildman–Crippen LogP) is -1.84. The lowest BCUT2D eigenvalue weighted by Crippen LogP contribution is -2.86. The lowest BCUT2D eigenvalue weighted by Gasteiger charge is -1.98. The van der Waals surface area contributed by atoms with Gasteiger partial charge in [0, 0.05) is 14.2 Å². The first kappa shape index (κ1) is 16.5. The fourth-order valence-corrected chi connectivity index (χ4v) is 0.683. The lowest BCUT2D eigenvalue weighted by molar-refractivity contribution is -0.657. The van der Waals surface area contributed by atoms with E-state index in [4.69, 9.17) is 9.47 Å². The Bertz CT molecular complexity index is 154. The molecule has 0 aliphatic heterocycles. The molecule has 0 fully saturated rings. The molecule has 0 saturated carbocycles. The Morgan fingerprint density at radius 3 is 1.93 bits per heavy atom. The normalized spacial score (nSPS) is 9.80. The third kappa shape index (κ3) is 24.6. The zero-order valence-electron chi connectivity index (χ0n) is 9.69. The number of carboxylic acids is 1. The summed E-state index contributed by atoms with van der Waals surface area (Å²) in [6, 6.07) is 0. The number of ether oxygens (including phenoxy) is 2. The quantitative estimate of drug-likeness (QED) is 0.403. The van der Waals surface area contributed by atoms with Gasteiger partial charge in [0.05, 0.1) is 32.3 Å². The van der Waals surface area contributed by atoms with Gasteiger partial charge in [0.25, 0.3) is 0 Å². The zero-order chi connectivity index (χ0) is 11.9. The molecule has 0 spiro atoms. The third-order valence-corrected chi connectivity index (χ3v) is 1.35. The summed E-state index contributed by atoms with van der Waals surface area (Å²) in [4.78, 5) is 9.40. The van der Waals surface area contributed by atoms with Gasteiger partial charge in [-0.1, -0.05) is 6.08 Å². The van der Waals surface area contributed by atoms with E-state index in [2.05, 4.69) is 5.32 Å². The number of carbonyl (C=O) groups is 1. The minimum Gasteiger partial charge on any atom is -0.545 e. The van der Waals surface area contributed by atoms with Crippen LogP contribution < -0.4 is 10.4 Å². The van der Waals surface area contributed by atoms with Gasteiger partial charge in [0.2, 0.25) is 0 Å². The minimum absolute atomic E-state index is 0.823. The molecule has 0 aliphatic rings. The van der Waals surface area contributed by atoms with Crippen molar-refractivity contribution in [2.45, 2.75) is 6.92 Å². The van der Waals surface area contributed by atoms with Crippen molar-refractivity contribution in [3.63, 3.8) is 0 Å². The van der Waals surface area contributed by atoms with Gasteiger partial charge in [-0.2, -0.15) is 0 Å². The second-order valence-corrected chi connectivity index (χ2v) is 2.67. The van der Waals surface area contributed by atoms with E-state index in [9.17, 15) is 9.90 Å². The summed E-state index contributed by atoms with van der Waals surface area (Å²) >= 11 is 0. The van der Waals surface area contributed by atoms with Crippen LogP contribution in [-0.4, -0.2) is 46.5 Å². The molecule has 5 nitrogen and oxygen atoms in total. The highest BCUT2D eigenvalue weighted by Crippen LogP contribution is 1.61. The van der Waals surface area contributed by atoms with Crippen molar-refractivity contribution < 1.29 is 24.7 Å². The molecule has 90 valence electrons. The summed E-state index contributed by atoms with van der Waals surface area (Å²) in [7, 11) is 3.42. The van der Waals surface area contributed by atoms with E-state index in [1.165, 1.54) is 6.08 Å². The van der Waals surface area contributed by atoms with Crippen molar-refractivity contribution in [3.8, 4) is 0 Å². The molecule has 15 heavy (non-hydrogen) atoms. The average Bonchev–Trinajstić information content (AvgIpc) is 2.18. The number of hydrogen-bond acceptors (Lipinski definition) is 4. The number of aliphatic carboxylic acids is 1. The van der Waals surface area contributed by atoms with E-state index < -0.39 is 5.97 Å². The second kappa shape index (κ2) is 15.6. The van der Waals surface area contributed by atoms with Crippen LogP contribution in [0.1, 0.15) is 6.92 Å². The van der Waals surface area contributed by atoms with Crippen LogP contribution in [0.4, 0.5) is 0 Å². The Labute approximate surface area is 91.1 Å². The molecule has 0 atom stereocenters. The molecule has 0 aromatic rings. The number of carboxylic acid groups (broad SMARTS) is 1. The predicted molar refractivity (Wildman–Crippen MR) is 55.2 cm³/mol. The van der Waals surface area contributed by atoms with Gasteiger partial charge in [-0.25, -0.2) is 0 Å². The van der Waals surface area contributed by atoms with Crippen LogP contribution >= 0.6 is 0 Å². The second-order valence-electron chi connectivity index (χ2n) is 2.67. The first-order valence-corrected chi connectivity index (χ1v) is 4.82. The van der Waals surface area contributed by atoms with Crippen molar-refractivity contribution in [2.75, 3.05) is 40.5 Å². The summed E-state index contributed by atoms with van der Waals surface area (Å²) in [6.07, 6.45) is 2.38. The maximum absolute atomic E-state index is 9.40. The van der Waals surface area contributed by atoms with Crippen molar-refractivity contribution in [1.29, 1.82) is 0 Å². The van der Waals surface area contributed by atoms with Gasteiger partial charge in [-0.05, 0) is 13.0 Å². The Balaban J connectivity index is 0. The highest BCUT2D eigenvalue weighted by atomic mass is 16.5. The average molecular weight is 219 g/mol. The Kier molecular flexibility index (Phi) is 17.1. The molecule has 0 heterocycles. The van der Waals surface area contributed by atoms with Crippen LogP contribution in [0.2, 0.25) is 0 Å². The van der Waals surface area contributed by atoms with Gasteiger partial charge in [0.1, 0.15) is 0 Å². The maximum atomic E-state index is 9.40. The zero-order valence-corrected chi connectivity index (χ0v) is 9.69. The van der Waals surface area contributed by atoms with Crippen molar-refractivity contribution >= 4 is 5.97 Å². The van der Waals surface area contributed by atoms with Crippen LogP contribution in [0.5, 0.6) is 0 Å². The molecule has 0 aliphatic carbocycles. The minimum atomic E-state index is -1.14. The maximum Gasteiger partial charge on any atom is 0.0993 e. The fraction of sp³-hybridized carbons (Fsp3) is 0.700. The molecule has 0 saturated heterocycles. The molecule has 0 aromatic heterocycles. The number of nitrogens with two attached hydrogens (primary N) is 1. The molecule has 0 unspecified atom stereocenters. The lowest BCUT2D eigenvalue weighted by atomic mass is 10.5. The number of allylic oxidation sites excluding steroid dienone is 1. The molecule has 0 bridgehead atoms. The Hall–Kier alpha value is -0.910. The molecule has 0 rings (SSSR count). The number of quaternary nitrogens is 1. The van der Waals surface area contributed by atoms with E-state index in [1.54, 1.807) is 21.1 Å². The number of rotatable bonds is 7. The van der Waals surface area contributed by atoms with Crippen LogP contribution in [0.15, 0.2) is 12.2 Å². The molecule has 5 heteroatoms. The standard InChI is InChI=1S/C6H15NO2.C4H6O2/c1-8-5-3-7-4-6-9-2;1-2-3-4(5)6/h7H,3-6H2,1-2H3;2-3H,1H3,(H,5,6)/b;3-2+. The molecule has 2 N–H and O–H groups in total. The Morgan fingerprint density at radius 2 is 1.73 bits per heavy atom. The van der Waals surface area contributed by atoms with E-state index in [0.717, 1.165) is 32.4 Å². The van der Waals surface area contributed by atoms with E-state index in [-0.39, 0.29) is 0 Å². The topological polar surface area (TPSA) is 75.2 Å². The number of methoxy groups -OCH3 is 2. The summed E-state index contributed by atoms with van der Waals surface area (Å²) in [5.74, 6) is -1.14. The first-order valence-electron chi connectivity index (χ1n) is 4.82. The van der Waals surface area contributed by atoms with E-state index in [1.807, 2.05) is 0 Å². The van der Waals surface area contributed by atoms with Gasteiger partial charge in [-0.3, -0.25) is 0 Å². The SMILES string of the molecule is C/C=C/C(=O)[O-].COCC[NH2+]CCOC. The van der Waals surface area contributed by atoms with Crippen LogP contribution in [-0.2, 0) is 14.3 Å². The summed E-state index contributed by atoms with van der Waals surface area (Å²) in [6.45, 7) is 5.32. The molecule has 0 radical (unpaired) electrons. The first-order chi connectivity index (χ1) is 7.18. The van der Waals surface area contributed by atoms with Gasteiger partial charge in [-0.15, -0.1) is 0 Å². The highest BCUT2D eigenvalue weighted by molar-refractivity contribution is 5.77. The van der Waals surface area contributed by atoms with Crippen molar-refractivity contribution in [1.82, 2.24) is 0 Å². The fourth-order valence-electron chi connectivity index (χ4n) is 0.683. The van der Waals surface area contributed by atoms with Gasteiger partial charge < -0.3 is 24.7 Å². The van der Waals surface area contributed by atoms with E-state index >= 15 is 0 Å². The van der Waals surface area contributed by atoms with Crippen LogP contribution in [0.3, 0.4) is 0 Å². The van der Waals surface area contributed by atoms with Gasteiger partial charge >= 0.3 is 0 Å². The largest absolute Gasteiger partial charge is 0.545 e. The molecule has 0 amide bonds. The Morgan fingerprint density at radius 1 is 1.27 bits per heavy atom. The molecular formula is C10H21NO4. The van der Waals surface area contributed by atoms with Gasteiger partial charge in [0.15, 0.2) is 0 Å². The van der Waals surface area contributed by atoms with E-state index in [0.29, 0.717) is 0 Å².